The van der Waals surface area contributed by atoms with Crippen LogP contribution in [0.4, 0.5) is 4.39 Å². The van der Waals surface area contributed by atoms with Crippen molar-refractivity contribution in [2.75, 3.05) is 13.7 Å². The van der Waals surface area contributed by atoms with E-state index in [-0.39, 0.29) is 18.6 Å². The molecule has 0 fully saturated rings. The topological polar surface area (TPSA) is 75.6 Å². The summed E-state index contributed by atoms with van der Waals surface area (Å²) in [6.45, 7) is 1.64. The molecule has 5 nitrogen and oxygen atoms in total. The van der Waals surface area contributed by atoms with Gasteiger partial charge in [-0.1, -0.05) is 0 Å². The minimum atomic E-state index is -1.04. The van der Waals surface area contributed by atoms with Gasteiger partial charge in [0.1, 0.15) is 5.82 Å². The number of carboxylic acids is 1. The first-order valence-electron chi connectivity index (χ1n) is 5.65. The molecule has 1 aromatic rings. The van der Waals surface area contributed by atoms with Gasteiger partial charge < -0.3 is 15.2 Å². The van der Waals surface area contributed by atoms with Crippen molar-refractivity contribution in [1.82, 2.24) is 5.32 Å². The van der Waals surface area contributed by atoms with E-state index < -0.39 is 23.2 Å². The van der Waals surface area contributed by atoms with E-state index >= 15 is 0 Å². The molecule has 0 spiro atoms. The van der Waals surface area contributed by atoms with E-state index in [1.807, 2.05) is 0 Å². The first-order chi connectivity index (χ1) is 8.86. The predicted octanol–water partition coefficient (Wildman–Crippen LogP) is 1.44. The molecule has 0 heterocycles. The van der Waals surface area contributed by atoms with Crippen molar-refractivity contribution in [3.05, 3.63) is 35.6 Å². The van der Waals surface area contributed by atoms with Crippen molar-refractivity contribution in [3.63, 3.8) is 0 Å². The van der Waals surface area contributed by atoms with E-state index in [4.69, 9.17) is 9.84 Å². The van der Waals surface area contributed by atoms with Gasteiger partial charge in [-0.15, -0.1) is 0 Å². The molecular weight excluding hydrogens is 253 g/mol. The SMILES string of the molecule is COCC(C)(CC(=O)O)NC(=O)c1ccc(F)cc1. The van der Waals surface area contributed by atoms with Crippen molar-refractivity contribution in [2.45, 2.75) is 18.9 Å². The first kappa shape index (κ1) is 15.1. The molecule has 0 radical (unpaired) electrons. The maximum Gasteiger partial charge on any atom is 0.305 e. The number of amides is 1. The standard InChI is InChI=1S/C13H16FNO4/c1-13(8-19-2,7-11(16)17)15-12(18)9-3-5-10(14)6-4-9/h3-6H,7-8H2,1-2H3,(H,15,18)(H,16,17). The van der Waals surface area contributed by atoms with Gasteiger partial charge in [0.05, 0.1) is 18.6 Å². The molecule has 0 saturated carbocycles. The van der Waals surface area contributed by atoms with Crippen molar-refractivity contribution in [1.29, 1.82) is 0 Å². The summed E-state index contributed by atoms with van der Waals surface area (Å²) in [5.74, 6) is -1.96. The summed E-state index contributed by atoms with van der Waals surface area (Å²) in [4.78, 5) is 22.7. The molecule has 1 atom stereocenters. The van der Waals surface area contributed by atoms with Gasteiger partial charge >= 0.3 is 5.97 Å². The normalized spacial score (nSPS) is 13.6. The number of rotatable bonds is 6. The Kier molecular flexibility index (Phi) is 5.00. The van der Waals surface area contributed by atoms with Crippen molar-refractivity contribution in [3.8, 4) is 0 Å². The van der Waals surface area contributed by atoms with Gasteiger partial charge in [-0.05, 0) is 31.2 Å². The summed E-state index contributed by atoms with van der Waals surface area (Å²) < 4.78 is 17.7. The number of carbonyl (C=O) groups is 2. The number of carboxylic acid groups (broad SMARTS) is 1. The Morgan fingerprint density at radius 1 is 1.37 bits per heavy atom. The van der Waals surface area contributed by atoms with Crippen LogP contribution in [0.2, 0.25) is 0 Å². The summed E-state index contributed by atoms with van der Waals surface area (Å²) in [5, 5.41) is 11.4. The van der Waals surface area contributed by atoms with Gasteiger partial charge in [0.2, 0.25) is 0 Å². The Labute approximate surface area is 110 Å². The molecule has 1 amide bonds. The lowest BCUT2D eigenvalue weighted by Gasteiger charge is -2.28. The molecule has 104 valence electrons. The Bertz CT molecular complexity index is 460. The Morgan fingerprint density at radius 2 is 1.95 bits per heavy atom. The average molecular weight is 269 g/mol. The van der Waals surface area contributed by atoms with Crippen LogP contribution in [0.15, 0.2) is 24.3 Å². The first-order valence-corrected chi connectivity index (χ1v) is 5.65. The molecule has 6 heteroatoms. The molecule has 0 saturated heterocycles. The lowest BCUT2D eigenvalue weighted by Crippen LogP contribution is -2.50. The number of methoxy groups -OCH3 is 1. The van der Waals surface area contributed by atoms with E-state index in [1.165, 1.54) is 31.4 Å². The highest BCUT2D eigenvalue weighted by molar-refractivity contribution is 5.94. The maximum absolute atomic E-state index is 12.8. The molecular formula is C13H16FNO4. The zero-order chi connectivity index (χ0) is 14.5. The molecule has 0 bridgehead atoms. The van der Waals surface area contributed by atoms with Crippen LogP contribution in [0.1, 0.15) is 23.7 Å². The highest BCUT2D eigenvalue weighted by Crippen LogP contribution is 2.12. The summed E-state index contributed by atoms with van der Waals surface area (Å²) >= 11 is 0. The Morgan fingerprint density at radius 3 is 2.42 bits per heavy atom. The number of hydrogen-bond donors (Lipinski definition) is 2. The number of aliphatic carboxylic acids is 1. The van der Waals surface area contributed by atoms with Crippen LogP contribution in [0.25, 0.3) is 0 Å². The highest BCUT2D eigenvalue weighted by atomic mass is 19.1. The van der Waals surface area contributed by atoms with E-state index in [0.29, 0.717) is 0 Å². The van der Waals surface area contributed by atoms with Gasteiger partial charge in [0.25, 0.3) is 5.91 Å². The summed E-state index contributed by atoms with van der Waals surface area (Å²) in [7, 11) is 1.42. The molecule has 1 aromatic carbocycles. The monoisotopic (exact) mass is 269 g/mol. The van der Waals surface area contributed by atoms with E-state index in [0.717, 1.165) is 0 Å². The minimum Gasteiger partial charge on any atom is -0.481 e. The number of halogens is 1. The summed E-state index contributed by atoms with van der Waals surface area (Å²) in [6, 6.07) is 5.00. The lowest BCUT2D eigenvalue weighted by molar-refractivity contribution is -0.139. The number of nitrogens with one attached hydrogen (secondary N) is 1. The molecule has 1 rings (SSSR count). The zero-order valence-corrected chi connectivity index (χ0v) is 10.8. The number of ether oxygens (including phenoxy) is 1. The summed E-state index contributed by atoms with van der Waals surface area (Å²) in [5.41, 5.74) is -0.763. The molecule has 0 aliphatic carbocycles. The number of hydrogen-bond acceptors (Lipinski definition) is 3. The van der Waals surface area contributed by atoms with Crippen molar-refractivity contribution < 1.29 is 23.8 Å². The quantitative estimate of drug-likeness (QED) is 0.819. The lowest BCUT2D eigenvalue weighted by atomic mass is 9.98. The molecule has 19 heavy (non-hydrogen) atoms. The van der Waals surface area contributed by atoms with Gasteiger partial charge in [-0.3, -0.25) is 9.59 Å². The summed E-state index contributed by atoms with van der Waals surface area (Å²) in [6.07, 6.45) is -0.270. The van der Waals surface area contributed by atoms with Crippen molar-refractivity contribution >= 4 is 11.9 Å². The molecule has 0 aliphatic rings. The minimum absolute atomic E-state index is 0.0617. The fourth-order valence-electron chi connectivity index (χ4n) is 1.73. The fourth-order valence-corrected chi connectivity index (χ4v) is 1.73. The van der Waals surface area contributed by atoms with Crippen LogP contribution in [0.5, 0.6) is 0 Å². The van der Waals surface area contributed by atoms with E-state index in [9.17, 15) is 14.0 Å². The second kappa shape index (κ2) is 6.29. The molecule has 2 N–H and O–H groups in total. The number of benzene rings is 1. The van der Waals surface area contributed by atoms with E-state index in [1.54, 1.807) is 6.92 Å². The third-order valence-corrected chi connectivity index (χ3v) is 2.53. The fraction of sp³-hybridized carbons (Fsp3) is 0.385. The molecule has 0 aromatic heterocycles. The predicted molar refractivity (Wildman–Crippen MR) is 66.4 cm³/mol. The van der Waals surface area contributed by atoms with Gasteiger partial charge in [0.15, 0.2) is 0 Å². The van der Waals surface area contributed by atoms with Crippen LogP contribution >= 0.6 is 0 Å². The molecule has 0 aliphatic heterocycles. The van der Waals surface area contributed by atoms with Crippen molar-refractivity contribution in [2.24, 2.45) is 0 Å². The van der Waals surface area contributed by atoms with Crippen LogP contribution < -0.4 is 5.32 Å². The van der Waals surface area contributed by atoms with Gasteiger partial charge in [-0.25, -0.2) is 4.39 Å². The van der Waals surface area contributed by atoms with Gasteiger partial charge in [-0.2, -0.15) is 0 Å². The van der Waals surface area contributed by atoms with Crippen LogP contribution in [0.3, 0.4) is 0 Å². The second-order valence-electron chi connectivity index (χ2n) is 4.53. The van der Waals surface area contributed by atoms with Crippen LogP contribution in [0, 0.1) is 5.82 Å². The Hall–Kier alpha value is -1.95. The largest absolute Gasteiger partial charge is 0.481 e. The maximum atomic E-state index is 12.8. The second-order valence-corrected chi connectivity index (χ2v) is 4.53. The smallest absolute Gasteiger partial charge is 0.305 e. The van der Waals surface area contributed by atoms with Crippen LogP contribution in [-0.2, 0) is 9.53 Å². The Balaban J connectivity index is 2.81. The van der Waals surface area contributed by atoms with E-state index in [2.05, 4.69) is 5.32 Å². The third kappa shape index (κ3) is 4.67. The average Bonchev–Trinajstić information content (AvgIpc) is 2.28. The molecule has 1 unspecified atom stereocenters. The van der Waals surface area contributed by atoms with Gasteiger partial charge in [0, 0.05) is 12.7 Å². The highest BCUT2D eigenvalue weighted by Gasteiger charge is 2.29. The zero-order valence-electron chi connectivity index (χ0n) is 10.8. The number of carbonyl (C=O) groups excluding carboxylic acids is 1. The van der Waals surface area contributed by atoms with Crippen LogP contribution in [-0.4, -0.2) is 36.2 Å². The third-order valence-electron chi connectivity index (χ3n) is 2.53.